The number of carbonyl (C=O) groups is 1. The van der Waals surface area contributed by atoms with Crippen molar-refractivity contribution in [1.82, 2.24) is 15.1 Å². The summed E-state index contributed by atoms with van der Waals surface area (Å²) in [5, 5.41) is 10.6. The van der Waals surface area contributed by atoms with Gasteiger partial charge in [0.15, 0.2) is 0 Å². The molecule has 1 heterocycles. The summed E-state index contributed by atoms with van der Waals surface area (Å²) < 4.78 is 1.62. The summed E-state index contributed by atoms with van der Waals surface area (Å²) in [5.41, 5.74) is 1.83. The lowest BCUT2D eigenvalue weighted by Gasteiger charge is -2.62. The minimum atomic E-state index is -0.302. The van der Waals surface area contributed by atoms with Crippen LogP contribution in [0.4, 0.5) is 5.69 Å². The first-order valence-electron chi connectivity index (χ1n) is 10.6. The Labute approximate surface area is 185 Å². The van der Waals surface area contributed by atoms with E-state index in [4.69, 9.17) is 0 Å². The van der Waals surface area contributed by atoms with E-state index in [9.17, 15) is 9.59 Å². The number of hydrogen-bond acceptors (Lipinski definition) is 4. The van der Waals surface area contributed by atoms with Crippen molar-refractivity contribution < 1.29 is 4.79 Å². The average Bonchev–Trinajstić information content (AvgIpc) is 2.73. The van der Waals surface area contributed by atoms with Gasteiger partial charge in [-0.25, -0.2) is 4.68 Å². The molecular weight excluding hydrogens is 444 g/mol. The molecule has 7 heteroatoms. The van der Waals surface area contributed by atoms with Gasteiger partial charge in [0.25, 0.3) is 5.56 Å². The molecule has 6 nitrogen and oxygen atoms in total. The maximum atomic E-state index is 12.7. The number of carbonyl (C=O) groups excluding carboxylic acids is 1. The van der Waals surface area contributed by atoms with Crippen LogP contribution in [0.2, 0.25) is 0 Å². The van der Waals surface area contributed by atoms with Crippen molar-refractivity contribution in [1.29, 1.82) is 0 Å². The smallest absolute Gasteiger partial charge is 0.283 e. The van der Waals surface area contributed by atoms with Crippen LogP contribution in [0.5, 0.6) is 0 Å². The van der Waals surface area contributed by atoms with Crippen LogP contribution in [0.3, 0.4) is 0 Å². The number of anilines is 1. The van der Waals surface area contributed by atoms with E-state index in [0.29, 0.717) is 40.0 Å². The van der Waals surface area contributed by atoms with E-state index >= 15 is 0 Å². The Hall–Kier alpha value is -2.15. The van der Waals surface area contributed by atoms with E-state index in [2.05, 4.69) is 52.4 Å². The van der Waals surface area contributed by atoms with E-state index in [1.54, 1.807) is 6.20 Å². The van der Waals surface area contributed by atoms with Crippen molar-refractivity contribution in [3.63, 3.8) is 0 Å². The lowest BCUT2D eigenvalue weighted by molar-refractivity contribution is -0.122. The maximum absolute atomic E-state index is 12.7. The highest BCUT2D eigenvalue weighted by Crippen LogP contribution is 2.61. The summed E-state index contributed by atoms with van der Waals surface area (Å²) >= 11 is 3.42. The second-order valence-corrected chi connectivity index (χ2v) is 10.1. The van der Waals surface area contributed by atoms with Crippen LogP contribution >= 0.6 is 15.9 Å². The Balaban J connectivity index is 1.39. The summed E-state index contributed by atoms with van der Waals surface area (Å²) in [6.07, 6.45) is 4.07. The highest BCUT2D eigenvalue weighted by Gasteiger charge is 2.56. The van der Waals surface area contributed by atoms with Gasteiger partial charge in [-0.1, -0.05) is 51.1 Å². The van der Waals surface area contributed by atoms with Crippen LogP contribution < -0.4 is 16.2 Å². The fourth-order valence-corrected chi connectivity index (χ4v) is 5.63. The molecule has 4 atom stereocenters. The molecule has 0 aliphatic heterocycles. The van der Waals surface area contributed by atoms with Crippen molar-refractivity contribution in [2.75, 3.05) is 5.32 Å². The standard InChI is InChI=1S/C23H29BrN4O2/c1-14-17-9-16(23(17,2)3)10-18(14)27-19-12-26-28(22(30)21(19)24)13-20(29)25-11-15-7-5-4-6-8-15/h4-8,12,14,16-18,27H,9-11,13H2,1-3H3,(H,25,29)/t14-,16-,17+,18-/m1/s1. The van der Waals surface area contributed by atoms with Crippen LogP contribution in [0, 0.1) is 23.2 Å². The molecule has 2 aromatic rings. The van der Waals surface area contributed by atoms with Crippen LogP contribution in [-0.2, 0) is 17.9 Å². The zero-order valence-electron chi connectivity index (χ0n) is 17.7. The molecule has 2 bridgehead atoms. The summed E-state index contributed by atoms with van der Waals surface area (Å²) in [4.78, 5) is 25.0. The molecule has 3 fully saturated rings. The molecule has 30 heavy (non-hydrogen) atoms. The summed E-state index contributed by atoms with van der Waals surface area (Å²) in [5.74, 6) is 1.75. The topological polar surface area (TPSA) is 76.0 Å². The Morgan fingerprint density at radius 1 is 1.27 bits per heavy atom. The Morgan fingerprint density at radius 3 is 2.67 bits per heavy atom. The Bertz CT molecular complexity index is 988. The van der Waals surface area contributed by atoms with E-state index < -0.39 is 0 Å². The number of nitrogens with zero attached hydrogens (tertiary/aromatic N) is 2. The molecule has 1 amide bonds. The monoisotopic (exact) mass is 472 g/mol. The quantitative estimate of drug-likeness (QED) is 0.669. The highest BCUT2D eigenvalue weighted by atomic mass is 79.9. The van der Waals surface area contributed by atoms with E-state index in [0.717, 1.165) is 17.9 Å². The third kappa shape index (κ3) is 3.92. The second kappa shape index (κ2) is 8.17. The third-order valence-electron chi connectivity index (χ3n) is 7.31. The van der Waals surface area contributed by atoms with E-state index in [-0.39, 0.29) is 18.0 Å². The van der Waals surface area contributed by atoms with Gasteiger partial charge >= 0.3 is 0 Å². The van der Waals surface area contributed by atoms with Crippen LogP contribution in [0.1, 0.15) is 39.2 Å². The number of benzene rings is 1. The van der Waals surface area contributed by atoms with Crippen molar-refractivity contribution in [2.45, 2.75) is 52.7 Å². The van der Waals surface area contributed by atoms with Gasteiger partial charge in [-0.05, 0) is 57.5 Å². The normalized spacial score (nSPS) is 26.5. The Morgan fingerprint density at radius 2 is 2.00 bits per heavy atom. The molecule has 0 saturated heterocycles. The molecule has 0 spiro atoms. The number of amides is 1. The minimum Gasteiger partial charge on any atom is -0.380 e. The number of aromatic nitrogens is 2. The van der Waals surface area contributed by atoms with E-state index in [1.807, 2.05) is 30.3 Å². The molecule has 3 aliphatic carbocycles. The molecular formula is C23H29BrN4O2. The summed E-state index contributed by atoms with van der Waals surface area (Å²) in [7, 11) is 0. The van der Waals surface area contributed by atoms with Gasteiger partial charge < -0.3 is 10.6 Å². The van der Waals surface area contributed by atoms with Crippen molar-refractivity contribution >= 4 is 27.5 Å². The lowest BCUT2D eigenvalue weighted by atomic mass is 9.45. The SMILES string of the molecule is C[C@H]1[C@H](Nc2cnn(CC(=O)NCc3ccccc3)c(=O)c2Br)C[C@H]2C[C@@H]1C2(C)C. The van der Waals surface area contributed by atoms with Crippen LogP contribution in [-0.4, -0.2) is 21.7 Å². The molecule has 0 unspecified atom stereocenters. The van der Waals surface area contributed by atoms with E-state index in [1.165, 1.54) is 11.1 Å². The zero-order valence-corrected chi connectivity index (χ0v) is 19.3. The molecule has 3 saturated carbocycles. The molecule has 3 aliphatic rings. The van der Waals surface area contributed by atoms with Gasteiger partial charge in [-0.3, -0.25) is 9.59 Å². The number of halogens is 1. The third-order valence-corrected chi connectivity index (χ3v) is 8.07. The first kappa shape index (κ1) is 21.1. The number of fused-ring (bicyclic) bond motifs is 2. The molecule has 1 aromatic carbocycles. The first-order valence-corrected chi connectivity index (χ1v) is 11.4. The highest BCUT2D eigenvalue weighted by molar-refractivity contribution is 9.10. The fourth-order valence-electron chi connectivity index (χ4n) is 5.21. The molecule has 160 valence electrons. The second-order valence-electron chi connectivity index (χ2n) is 9.30. The van der Waals surface area contributed by atoms with Crippen molar-refractivity contribution in [3.05, 3.63) is 56.9 Å². The summed E-state index contributed by atoms with van der Waals surface area (Å²) in [6, 6.07) is 10.0. The predicted octanol–water partition coefficient (Wildman–Crippen LogP) is 3.80. The van der Waals surface area contributed by atoms with Gasteiger partial charge in [-0.2, -0.15) is 5.10 Å². The van der Waals surface area contributed by atoms with Gasteiger partial charge in [-0.15, -0.1) is 0 Å². The number of nitrogens with one attached hydrogen (secondary N) is 2. The largest absolute Gasteiger partial charge is 0.380 e. The van der Waals surface area contributed by atoms with Crippen molar-refractivity contribution in [2.24, 2.45) is 23.2 Å². The first-order chi connectivity index (χ1) is 14.3. The molecule has 0 radical (unpaired) electrons. The minimum absolute atomic E-state index is 0.108. The predicted molar refractivity (Wildman–Crippen MR) is 121 cm³/mol. The number of hydrogen-bond donors (Lipinski definition) is 2. The molecule has 1 aromatic heterocycles. The average molecular weight is 473 g/mol. The van der Waals surface area contributed by atoms with Crippen molar-refractivity contribution in [3.8, 4) is 0 Å². The zero-order chi connectivity index (χ0) is 21.5. The fraction of sp³-hybridized carbons (Fsp3) is 0.522. The van der Waals surface area contributed by atoms with Gasteiger partial charge in [0, 0.05) is 12.6 Å². The Kier molecular flexibility index (Phi) is 5.75. The lowest BCUT2D eigenvalue weighted by Crippen LogP contribution is -2.58. The molecule has 2 N–H and O–H groups in total. The van der Waals surface area contributed by atoms with Crippen LogP contribution in [0.15, 0.2) is 45.8 Å². The van der Waals surface area contributed by atoms with Gasteiger partial charge in [0.05, 0.1) is 11.9 Å². The van der Waals surface area contributed by atoms with Gasteiger partial charge in [0.2, 0.25) is 5.91 Å². The van der Waals surface area contributed by atoms with Gasteiger partial charge in [0.1, 0.15) is 11.0 Å². The molecule has 5 rings (SSSR count). The maximum Gasteiger partial charge on any atom is 0.283 e. The summed E-state index contributed by atoms with van der Waals surface area (Å²) in [6.45, 7) is 7.37. The van der Waals surface area contributed by atoms with Crippen LogP contribution in [0.25, 0.3) is 0 Å². The number of rotatable bonds is 6.